The summed E-state index contributed by atoms with van der Waals surface area (Å²) in [5.74, 6) is 0.794. The van der Waals surface area contributed by atoms with E-state index in [4.69, 9.17) is 9.26 Å². The second-order valence-electron chi connectivity index (χ2n) is 7.14. The molecule has 0 spiro atoms. The highest BCUT2D eigenvalue weighted by Crippen LogP contribution is 2.26. The average molecular weight is 379 g/mol. The van der Waals surface area contributed by atoms with E-state index in [2.05, 4.69) is 27.5 Å². The zero-order valence-electron chi connectivity index (χ0n) is 16.1. The Morgan fingerprint density at radius 1 is 1.18 bits per heavy atom. The molecule has 1 fully saturated rings. The molecule has 1 aliphatic heterocycles. The predicted molar refractivity (Wildman–Crippen MR) is 107 cm³/mol. The number of carbonyl (C=O) groups excluding carboxylic acids is 1. The molecule has 1 saturated heterocycles. The van der Waals surface area contributed by atoms with Crippen LogP contribution in [0.2, 0.25) is 0 Å². The molecule has 1 aliphatic rings. The highest BCUT2D eigenvalue weighted by atomic mass is 16.5. The Morgan fingerprint density at radius 3 is 2.68 bits per heavy atom. The van der Waals surface area contributed by atoms with Crippen molar-refractivity contribution < 1.29 is 14.1 Å². The lowest BCUT2D eigenvalue weighted by atomic mass is 10.0. The first-order chi connectivity index (χ1) is 13.7. The lowest BCUT2D eigenvalue weighted by Crippen LogP contribution is -2.37. The van der Waals surface area contributed by atoms with Crippen LogP contribution in [0.25, 0.3) is 11.0 Å². The van der Waals surface area contributed by atoms with Crippen molar-refractivity contribution in [1.29, 1.82) is 0 Å². The molecule has 1 amide bonds. The number of benzene rings is 2. The van der Waals surface area contributed by atoms with Crippen LogP contribution in [0, 0.1) is 0 Å². The van der Waals surface area contributed by atoms with E-state index >= 15 is 0 Å². The van der Waals surface area contributed by atoms with E-state index < -0.39 is 0 Å². The molecule has 2 aromatic carbocycles. The summed E-state index contributed by atoms with van der Waals surface area (Å²) in [4.78, 5) is 15.0. The molecular weight excluding hydrogens is 354 g/mol. The van der Waals surface area contributed by atoms with Crippen LogP contribution in [0.3, 0.4) is 0 Å². The van der Waals surface area contributed by atoms with Crippen LogP contribution < -0.4 is 10.1 Å². The van der Waals surface area contributed by atoms with Gasteiger partial charge in [-0.2, -0.15) is 0 Å². The number of aromatic nitrogens is 1. The van der Waals surface area contributed by atoms with Crippen molar-refractivity contribution in [2.45, 2.75) is 25.3 Å². The third kappa shape index (κ3) is 4.02. The van der Waals surface area contributed by atoms with Gasteiger partial charge in [-0.1, -0.05) is 29.4 Å². The number of methoxy groups -OCH3 is 1. The second kappa shape index (κ2) is 8.44. The second-order valence-corrected chi connectivity index (χ2v) is 7.14. The number of carbonyl (C=O) groups is 1. The van der Waals surface area contributed by atoms with Gasteiger partial charge in [-0.15, -0.1) is 0 Å². The first kappa shape index (κ1) is 18.5. The van der Waals surface area contributed by atoms with Crippen LogP contribution in [0.15, 0.2) is 53.1 Å². The molecule has 0 radical (unpaired) electrons. The largest absolute Gasteiger partial charge is 0.497 e. The molecule has 28 heavy (non-hydrogen) atoms. The molecule has 1 aromatic heterocycles. The van der Waals surface area contributed by atoms with Gasteiger partial charge in [-0.25, -0.2) is 0 Å². The Balaban J connectivity index is 1.43. The summed E-state index contributed by atoms with van der Waals surface area (Å²) in [6.07, 6.45) is 2.61. The Kier molecular flexibility index (Phi) is 5.58. The average Bonchev–Trinajstić information content (AvgIpc) is 3.40. The first-order valence-corrected chi connectivity index (χ1v) is 9.72. The zero-order chi connectivity index (χ0) is 19.3. The van der Waals surface area contributed by atoms with Crippen LogP contribution in [-0.4, -0.2) is 42.7 Å². The van der Waals surface area contributed by atoms with Crippen LogP contribution in [0.1, 0.15) is 30.1 Å². The number of nitrogens with one attached hydrogen (secondary N) is 1. The summed E-state index contributed by atoms with van der Waals surface area (Å²) in [5.41, 5.74) is 2.57. The van der Waals surface area contributed by atoms with Crippen molar-refractivity contribution in [2.24, 2.45) is 0 Å². The fourth-order valence-corrected chi connectivity index (χ4v) is 3.83. The van der Waals surface area contributed by atoms with Crippen LogP contribution in [0.4, 0.5) is 0 Å². The molecule has 146 valence electrons. The van der Waals surface area contributed by atoms with Gasteiger partial charge in [0.05, 0.1) is 19.6 Å². The number of likely N-dealkylation sites (tertiary alicyclic amines) is 1. The summed E-state index contributed by atoms with van der Waals surface area (Å²) in [6.45, 7) is 2.68. The maximum atomic E-state index is 12.6. The number of rotatable bonds is 7. The quantitative estimate of drug-likeness (QED) is 0.682. The highest BCUT2D eigenvalue weighted by Gasteiger charge is 2.24. The van der Waals surface area contributed by atoms with Gasteiger partial charge in [0, 0.05) is 11.9 Å². The summed E-state index contributed by atoms with van der Waals surface area (Å²) in [5, 5.41) is 8.05. The number of ether oxygens (including phenoxy) is 1. The SMILES string of the molecule is COc1ccc([C@H](CNC(=O)Cc2noc3ccccc23)N2CCCC2)cc1. The van der Waals surface area contributed by atoms with Crippen molar-refractivity contribution in [3.8, 4) is 5.75 Å². The summed E-state index contributed by atoms with van der Waals surface area (Å²) in [6, 6.07) is 15.9. The van der Waals surface area contributed by atoms with Crippen molar-refractivity contribution >= 4 is 16.9 Å². The number of amides is 1. The molecule has 4 rings (SSSR count). The van der Waals surface area contributed by atoms with Crippen molar-refractivity contribution in [1.82, 2.24) is 15.4 Å². The number of para-hydroxylation sites is 1. The van der Waals surface area contributed by atoms with Gasteiger partial charge in [0.15, 0.2) is 5.58 Å². The molecule has 3 aromatic rings. The number of hydrogen-bond donors (Lipinski definition) is 1. The van der Waals surface area contributed by atoms with Gasteiger partial charge in [-0.3, -0.25) is 9.69 Å². The zero-order valence-corrected chi connectivity index (χ0v) is 16.1. The number of fused-ring (bicyclic) bond motifs is 1. The van der Waals surface area contributed by atoms with E-state index in [-0.39, 0.29) is 18.4 Å². The number of hydrogen-bond acceptors (Lipinski definition) is 5. The maximum absolute atomic E-state index is 12.6. The summed E-state index contributed by atoms with van der Waals surface area (Å²) >= 11 is 0. The van der Waals surface area contributed by atoms with E-state index in [0.717, 1.165) is 24.2 Å². The van der Waals surface area contributed by atoms with Gasteiger partial charge in [0.2, 0.25) is 5.91 Å². The fraction of sp³-hybridized carbons (Fsp3) is 0.364. The summed E-state index contributed by atoms with van der Waals surface area (Å²) < 4.78 is 10.6. The number of nitrogens with zero attached hydrogens (tertiary/aromatic N) is 2. The lowest BCUT2D eigenvalue weighted by Gasteiger charge is -2.28. The molecule has 0 unspecified atom stereocenters. The minimum Gasteiger partial charge on any atom is -0.497 e. The molecule has 0 aliphatic carbocycles. The van der Waals surface area contributed by atoms with Gasteiger partial charge in [-0.05, 0) is 55.8 Å². The van der Waals surface area contributed by atoms with E-state index in [1.807, 2.05) is 36.4 Å². The fourth-order valence-electron chi connectivity index (χ4n) is 3.83. The minimum atomic E-state index is -0.0447. The predicted octanol–water partition coefficient (Wildman–Crippen LogP) is 3.33. The Hall–Kier alpha value is -2.86. The standard InChI is InChI=1S/C22H25N3O3/c1-27-17-10-8-16(9-11-17)20(25-12-4-5-13-25)15-23-22(26)14-19-18-6-2-3-7-21(18)28-24-19/h2-3,6-11,20H,4-5,12-15H2,1H3,(H,23,26)/t20-/m0/s1. The topological polar surface area (TPSA) is 67.6 Å². The van der Waals surface area contributed by atoms with Crippen molar-refractivity contribution in [2.75, 3.05) is 26.7 Å². The Labute approximate surface area is 164 Å². The van der Waals surface area contributed by atoms with Gasteiger partial charge in [0.25, 0.3) is 0 Å². The van der Waals surface area contributed by atoms with Crippen LogP contribution >= 0.6 is 0 Å². The molecule has 1 atom stereocenters. The first-order valence-electron chi connectivity index (χ1n) is 9.72. The highest BCUT2D eigenvalue weighted by molar-refractivity contribution is 5.86. The molecule has 0 bridgehead atoms. The Morgan fingerprint density at radius 2 is 1.93 bits per heavy atom. The maximum Gasteiger partial charge on any atom is 0.226 e. The van der Waals surface area contributed by atoms with Gasteiger partial charge in [0.1, 0.15) is 11.4 Å². The normalized spacial score (nSPS) is 15.6. The van der Waals surface area contributed by atoms with Crippen molar-refractivity contribution in [3.05, 3.63) is 59.8 Å². The smallest absolute Gasteiger partial charge is 0.226 e. The third-order valence-electron chi connectivity index (χ3n) is 5.35. The Bertz CT molecular complexity index is 930. The van der Waals surface area contributed by atoms with E-state index in [1.54, 1.807) is 7.11 Å². The van der Waals surface area contributed by atoms with E-state index in [9.17, 15) is 4.79 Å². The molecule has 1 N–H and O–H groups in total. The molecule has 0 saturated carbocycles. The molecule has 2 heterocycles. The van der Waals surface area contributed by atoms with Crippen molar-refractivity contribution in [3.63, 3.8) is 0 Å². The van der Waals surface area contributed by atoms with Gasteiger partial charge < -0.3 is 14.6 Å². The van der Waals surface area contributed by atoms with E-state index in [1.165, 1.54) is 18.4 Å². The minimum absolute atomic E-state index is 0.0447. The third-order valence-corrected chi connectivity index (χ3v) is 5.35. The van der Waals surface area contributed by atoms with Gasteiger partial charge >= 0.3 is 0 Å². The molecule has 6 heteroatoms. The van der Waals surface area contributed by atoms with E-state index in [0.29, 0.717) is 17.8 Å². The van der Waals surface area contributed by atoms with Crippen LogP contribution in [-0.2, 0) is 11.2 Å². The molecular formula is C22H25N3O3. The lowest BCUT2D eigenvalue weighted by molar-refractivity contribution is -0.120. The van der Waals surface area contributed by atoms with Crippen LogP contribution in [0.5, 0.6) is 5.75 Å². The summed E-state index contributed by atoms with van der Waals surface area (Å²) in [7, 11) is 1.67. The monoisotopic (exact) mass is 379 g/mol. The molecule has 6 nitrogen and oxygen atoms in total.